The number of aliphatic hydroxyl groups excluding tert-OH is 1. The number of carboxylic acids is 2. The van der Waals surface area contributed by atoms with Crippen LogP contribution in [-0.4, -0.2) is 33.4 Å². The van der Waals surface area contributed by atoms with Gasteiger partial charge in [-0.1, -0.05) is 13.8 Å². The maximum atomic E-state index is 10.8. The Hall–Kier alpha value is -1.10. The van der Waals surface area contributed by atoms with Crippen LogP contribution in [0.3, 0.4) is 0 Å². The van der Waals surface area contributed by atoms with Crippen molar-refractivity contribution in [2.75, 3.05) is 0 Å². The Morgan fingerprint density at radius 1 is 1.31 bits per heavy atom. The molecule has 0 aliphatic heterocycles. The number of aliphatic hydroxyl groups is 1. The highest BCUT2D eigenvalue weighted by Crippen LogP contribution is 2.65. The molecule has 0 aromatic rings. The van der Waals surface area contributed by atoms with Crippen LogP contribution >= 0.6 is 0 Å². The first kappa shape index (κ1) is 9.98. The number of aliphatic carboxylic acids is 2. The first-order valence-corrected chi connectivity index (χ1v) is 3.90. The Balaban J connectivity index is 2.95. The van der Waals surface area contributed by atoms with Gasteiger partial charge in [-0.3, -0.25) is 9.59 Å². The highest BCUT2D eigenvalue weighted by molar-refractivity contribution is 5.87. The Labute approximate surface area is 75.0 Å². The molecule has 5 nitrogen and oxygen atoms in total. The van der Waals surface area contributed by atoms with E-state index in [1.165, 1.54) is 0 Å². The van der Waals surface area contributed by atoms with Crippen LogP contribution < -0.4 is 0 Å². The second kappa shape index (κ2) is 2.45. The maximum Gasteiger partial charge on any atom is 0.313 e. The molecule has 0 aromatic carbocycles. The van der Waals surface area contributed by atoms with Gasteiger partial charge in [0.1, 0.15) is 5.41 Å². The van der Waals surface area contributed by atoms with E-state index in [1.54, 1.807) is 13.8 Å². The summed E-state index contributed by atoms with van der Waals surface area (Å²) >= 11 is 0. The van der Waals surface area contributed by atoms with Crippen LogP contribution in [0.25, 0.3) is 0 Å². The summed E-state index contributed by atoms with van der Waals surface area (Å²) in [6.45, 7) is 3.10. The summed E-state index contributed by atoms with van der Waals surface area (Å²) in [5.41, 5.74) is -2.35. The van der Waals surface area contributed by atoms with Crippen LogP contribution in [0.5, 0.6) is 0 Å². The molecule has 0 aromatic heterocycles. The van der Waals surface area contributed by atoms with Gasteiger partial charge < -0.3 is 15.3 Å². The van der Waals surface area contributed by atoms with Gasteiger partial charge in [0.2, 0.25) is 0 Å². The van der Waals surface area contributed by atoms with E-state index in [9.17, 15) is 14.7 Å². The largest absolute Gasteiger partial charge is 0.481 e. The fourth-order valence-corrected chi connectivity index (χ4v) is 1.86. The summed E-state index contributed by atoms with van der Waals surface area (Å²) in [5, 5.41) is 26.7. The Kier molecular flexibility index (Phi) is 1.88. The van der Waals surface area contributed by atoms with Crippen molar-refractivity contribution in [3.05, 3.63) is 0 Å². The van der Waals surface area contributed by atoms with E-state index in [-0.39, 0.29) is 0 Å². The summed E-state index contributed by atoms with van der Waals surface area (Å²) in [4.78, 5) is 21.2. The first-order valence-electron chi connectivity index (χ1n) is 3.90. The van der Waals surface area contributed by atoms with Crippen LogP contribution in [-0.2, 0) is 9.59 Å². The summed E-state index contributed by atoms with van der Waals surface area (Å²) in [5.74, 6) is -2.44. The van der Waals surface area contributed by atoms with Gasteiger partial charge in [-0.25, -0.2) is 0 Å². The van der Waals surface area contributed by atoms with Gasteiger partial charge in [0.25, 0.3) is 0 Å². The fraction of sp³-hybridized carbons (Fsp3) is 0.750. The third kappa shape index (κ3) is 1.03. The molecular weight excluding hydrogens is 176 g/mol. The van der Waals surface area contributed by atoms with Gasteiger partial charge in [0.15, 0.2) is 0 Å². The molecule has 0 radical (unpaired) electrons. The normalized spacial score (nSPS) is 35.5. The van der Waals surface area contributed by atoms with Crippen molar-refractivity contribution in [2.24, 2.45) is 10.8 Å². The molecule has 74 valence electrons. The molecule has 1 rings (SSSR count). The minimum atomic E-state index is -1.50. The van der Waals surface area contributed by atoms with Gasteiger partial charge in [-0.15, -0.1) is 0 Å². The summed E-state index contributed by atoms with van der Waals surface area (Å²) < 4.78 is 0. The predicted molar refractivity (Wildman–Crippen MR) is 42.1 cm³/mol. The Morgan fingerprint density at radius 2 is 1.69 bits per heavy atom. The summed E-state index contributed by atoms with van der Waals surface area (Å²) in [6, 6.07) is 0. The van der Waals surface area contributed by atoms with Gasteiger partial charge in [-0.05, 0) is 0 Å². The minimum Gasteiger partial charge on any atom is -0.481 e. The third-order valence-electron chi connectivity index (χ3n) is 3.03. The van der Waals surface area contributed by atoms with Crippen molar-refractivity contribution >= 4 is 11.9 Å². The van der Waals surface area contributed by atoms with Crippen molar-refractivity contribution in [1.29, 1.82) is 0 Å². The monoisotopic (exact) mass is 188 g/mol. The van der Waals surface area contributed by atoms with Crippen LogP contribution in [0, 0.1) is 10.8 Å². The van der Waals surface area contributed by atoms with Crippen molar-refractivity contribution in [2.45, 2.75) is 26.4 Å². The quantitative estimate of drug-likeness (QED) is 0.576. The molecular formula is C8H12O5. The highest BCUT2D eigenvalue weighted by Gasteiger charge is 2.76. The van der Waals surface area contributed by atoms with Gasteiger partial charge in [0, 0.05) is 5.41 Å². The molecule has 0 amide bonds. The lowest BCUT2D eigenvalue weighted by molar-refractivity contribution is -0.152. The van der Waals surface area contributed by atoms with E-state index in [1.807, 2.05) is 0 Å². The number of hydrogen-bond donors (Lipinski definition) is 3. The molecule has 2 unspecified atom stereocenters. The average Bonchev–Trinajstić information content (AvgIpc) is 2.34. The van der Waals surface area contributed by atoms with Gasteiger partial charge in [-0.2, -0.15) is 0 Å². The number of rotatable bonds is 3. The molecule has 1 aliphatic rings. The zero-order valence-electron chi connectivity index (χ0n) is 7.44. The van der Waals surface area contributed by atoms with Crippen molar-refractivity contribution < 1.29 is 24.9 Å². The first-order chi connectivity index (χ1) is 5.76. The molecule has 1 fully saturated rings. The molecule has 3 N–H and O–H groups in total. The molecule has 0 spiro atoms. The zero-order chi connectivity index (χ0) is 10.4. The minimum absolute atomic E-state index is 0.531. The van der Waals surface area contributed by atoms with E-state index >= 15 is 0 Å². The Morgan fingerprint density at radius 3 is 1.77 bits per heavy atom. The smallest absolute Gasteiger partial charge is 0.313 e. The molecule has 0 saturated heterocycles. The van der Waals surface area contributed by atoms with Crippen molar-refractivity contribution in [1.82, 2.24) is 0 Å². The second-order valence-corrected chi connectivity index (χ2v) is 3.97. The van der Waals surface area contributed by atoms with Gasteiger partial charge >= 0.3 is 11.9 Å². The Bertz CT molecular complexity index is 270. The molecule has 0 heterocycles. The standard InChI is InChI=1S/C8H12O5/c1-7(2)5(11)8(7,6(12)13)3-4(9)10/h5,11H,3H2,1-2H3,(H,9,10)(H,12,13). The van der Waals surface area contributed by atoms with Crippen LogP contribution in [0.2, 0.25) is 0 Å². The third-order valence-corrected chi connectivity index (χ3v) is 3.03. The van der Waals surface area contributed by atoms with E-state index in [4.69, 9.17) is 10.2 Å². The lowest BCUT2D eigenvalue weighted by Crippen LogP contribution is -2.25. The maximum absolute atomic E-state index is 10.8. The SMILES string of the molecule is CC1(C)C(O)C1(CC(=O)O)C(=O)O. The zero-order valence-corrected chi connectivity index (χ0v) is 7.44. The molecule has 2 atom stereocenters. The topological polar surface area (TPSA) is 94.8 Å². The van der Waals surface area contributed by atoms with Crippen molar-refractivity contribution in [3.63, 3.8) is 0 Å². The number of carboxylic acid groups (broad SMARTS) is 2. The van der Waals surface area contributed by atoms with Gasteiger partial charge in [0.05, 0.1) is 12.5 Å². The predicted octanol–water partition coefficient (Wildman–Crippen LogP) is -0.0672. The van der Waals surface area contributed by atoms with E-state index in [2.05, 4.69) is 0 Å². The van der Waals surface area contributed by atoms with Crippen LogP contribution in [0.15, 0.2) is 0 Å². The fourth-order valence-electron chi connectivity index (χ4n) is 1.86. The summed E-state index contributed by atoms with van der Waals surface area (Å²) in [7, 11) is 0. The molecule has 1 aliphatic carbocycles. The number of hydrogen-bond acceptors (Lipinski definition) is 3. The molecule has 13 heavy (non-hydrogen) atoms. The lowest BCUT2D eigenvalue weighted by Gasteiger charge is -2.10. The van der Waals surface area contributed by atoms with E-state index < -0.39 is 35.3 Å². The van der Waals surface area contributed by atoms with Crippen LogP contribution in [0.4, 0.5) is 0 Å². The van der Waals surface area contributed by atoms with Crippen LogP contribution in [0.1, 0.15) is 20.3 Å². The summed E-state index contributed by atoms with van der Waals surface area (Å²) in [6.07, 6.45) is -1.61. The van der Waals surface area contributed by atoms with E-state index in [0.29, 0.717) is 0 Å². The second-order valence-electron chi connectivity index (χ2n) is 3.97. The molecule has 1 saturated carbocycles. The number of carbonyl (C=O) groups is 2. The molecule has 0 bridgehead atoms. The molecule has 5 heteroatoms. The average molecular weight is 188 g/mol. The highest BCUT2D eigenvalue weighted by atomic mass is 16.4. The van der Waals surface area contributed by atoms with E-state index in [0.717, 1.165) is 0 Å². The lowest BCUT2D eigenvalue weighted by atomic mass is 9.92. The van der Waals surface area contributed by atoms with Crippen molar-refractivity contribution in [3.8, 4) is 0 Å².